The van der Waals surface area contributed by atoms with E-state index in [4.69, 9.17) is 4.74 Å². The molecule has 0 aliphatic heterocycles. The Labute approximate surface area is 153 Å². The highest BCUT2D eigenvalue weighted by Gasteiger charge is 2.24. The number of hydrogen-bond donors (Lipinski definition) is 2. The van der Waals surface area contributed by atoms with Gasteiger partial charge in [0.25, 0.3) is 5.91 Å². The molecule has 26 heavy (non-hydrogen) atoms. The number of carbonyl (C=O) groups excluding carboxylic acids is 2. The monoisotopic (exact) mass is 352 g/mol. The molecule has 1 aliphatic rings. The van der Waals surface area contributed by atoms with Gasteiger partial charge < -0.3 is 15.4 Å². The van der Waals surface area contributed by atoms with Crippen LogP contribution in [0.1, 0.15) is 41.6 Å². The van der Waals surface area contributed by atoms with Crippen molar-refractivity contribution in [3.63, 3.8) is 0 Å². The smallest absolute Gasteiger partial charge is 0.253 e. The lowest BCUT2D eigenvalue weighted by molar-refractivity contribution is -0.116. The van der Waals surface area contributed by atoms with Crippen molar-refractivity contribution in [3.8, 4) is 5.75 Å². The molecule has 5 heteroatoms. The number of benzene rings is 2. The molecule has 2 amide bonds. The summed E-state index contributed by atoms with van der Waals surface area (Å²) in [6.07, 6.45) is 3.00. The first kappa shape index (κ1) is 18.0. The first-order valence-electron chi connectivity index (χ1n) is 9.01. The standard InChI is InChI=1S/C21H24N2O3/c1-15-7-2-5-10-19(15)26-14-6-11-20(24)23-18-9-4-3-8-17(18)21(25)22-16-12-13-16/h2-5,7-10,16H,6,11-14H2,1H3,(H,22,25)(H,23,24). The molecule has 2 aromatic rings. The van der Waals surface area contributed by atoms with Crippen LogP contribution in [-0.4, -0.2) is 24.5 Å². The van der Waals surface area contributed by atoms with E-state index in [1.807, 2.05) is 37.3 Å². The van der Waals surface area contributed by atoms with Gasteiger partial charge in [0.2, 0.25) is 5.91 Å². The molecule has 1 saturated carbocycles. The van der Waals surface area contributed by atoms with Crippen LogP contribution in [0.15, 0.2) is 48.5 Å². The van der Waals surface area contributed by atoms with Crippen LogP contribution in [0.4, 0.5) is 5.69 Å². The van der Waals surface area contributed by atoms with Crippen LogP contribution in [0, 0.1) is 6.92 Å². The number of amides is 2. The van der Waals surface area contributed by atoms with Crippen LogP contribution in [0.3, 0.4) is 0 Å². The molecule has 0 unspecified atom stereocenters. The van der Waals surface area contributed by atoms with Crippen molar-refractivity contribution in [2.45, 2.75) is 38.6 Å². The summed E-state index contributed by atoms with van der Waals surface area (Å²) >= 11 is 0. The summed E-state index contributed by atoms with van der Waals surface area (Å²) in [5.41, 5.74) is 2.13. The van der Waals surface area contributed by atoms with E-state index < -0.39 is 0 Å². The number of nitrogens with one attached hydrogen (secondary N) is 2. The lowest BCUT2D eigenvalue weighted by atomic mass is 10.1. The second kappa shape index (κ2) is 8.52. The molecule has 0 spiro atoms. The zero-order chi connectivity index (χ0) is 18.4. The number of anilines is 1. The van der Waals surface area contributed by atoms with E-state index in [0.717, 1.165) is 24.2 Å². The van der Waals surface area contributed by atoms with Gasteiger partial charge in [-0.3, -0.25) is 9.59 Å². The number of para-hydroxylation sites is 2. The van der Waals surface area contributed by atoms with Crippen LogP contribution in [0.5, 0.6) is 5.75 Å². The van der Waals surface area contributed by atoms with E-state index in [-0.39, 0.29) is 17.9 Å². The van der Waals surface area contributed by atoms with Crippen molar-refractivity contribution < 1.29 is 14.3 Å². The first-order valence-corrected chi connectivity index (χ1v) is 9.01. The predicted octanol–water partition coefficient (Wildman–Crippen LogP) is 3.68. The minimum absolute atomic E-state index is 0.120. The molecule has 1 fully saturated rings. The second-order valence-corrected chi connectivity index (χ2v) is 6.56. The fourth-order valence-corrected chi connectivity index (χ4v) is 2.63. The molecule has 0 radical (unpaired) electrons. The third kappa shape index (κ3) is 5.09. The lowest BCUT2D eigenvalue weighted by Gasteiger charge is -2.12. The summed E-state index contributed by atoms with van der Waals surface area (Å²) in [5, 5.41) is 5.79. The highest BCUT2D eigenvalue weighted by Crippen LogP contribution is 2.22. The van der Waals surface area contributed by atoms with Crippen molar-refractivity contribution in [2.24, 2.45) is 0 Å². The molecule has 0 aromatic heterocycles. The van der Waals surface area contributed by atoms with Gasteiger partial charge in [-0.1, -0.05) is 30.3 Å². The molecule has 0 bridgehead atoms. The molecule has 5 nitrogen and oxygen atoms in total. The third-order valence-corrected chi connectivity index (χ3v) is 4.26. The maximum Gasteiger partial charge on any atom is 0.253 e. The Hall–Kier alpha value is -2.82. The largest absolute Gasteiger partial charge is 0.493 e. The van der Waals surface area contributed by atoms with Crippen LogP contribution < -0.4 is 15.4 Å². The second-order valence-electron chi connectivity index (χ2n) is 6.56. The van der Waals surface area contributed by atoms with E-state index in [1.54, 1.807) is 18.2 Å². The van der Waals surface area contributed by atoms with E-state index >= 15 is 0 Å². The third-order valence-electron chi connectivity index (χ3n) is 4.26. The van der Waals surface area contributed by atoms with Crippen LogP contribution in [0.25, 0.3) is 0 Å². The predicted molar refractivity (Wildman–Crippen MR) is 101 cm³/mol. The Morgan fingerprint density at radius 3 is 2.58 bits per heavy atom. The summed E-state index contributed by atoms with van der Waals surface area (Å²) in [7, 11) is 0. The van der Waals surface area contributed by atoms with Gasteiger partial charge in [-0.2, -0.15) is 0 Å². The molecule has 0 heterocycles. The van der Waals surface area contributed by atoms with Crippen molar-refractivity contribution >= 4 is 17.5 Å². The van der Waals surface area contributed by atoms with E-state index in [1.165, 1.54) is 0 Å². The fourth-order valence-electron chi connectivity index (χ4n) is 2.63. The average molecular weight is 352 g/mol. The van der Waals surface area contributed by atoms with E-state index in [9.17, 15) is 9.59 Å². The molecule has 1 aliphatic carbocycles. The van der Waals surface area contributed by atoms with Gasteiger partial charge in [0.15, 0.2) is 0 Å². The number of rotatable bonds is 8. The average Bonchev–Trinajstić information content (AvgIpc) is 3.44. The maximum absolute atomic E-state index is 12.3. The SMILES string of the molecule is Cc1ccccc1OCCCC(=O)Nc1ccccc1C(=O)NC1CC1. The summed E-state index contributed by atoms with van der Waals surface area (Å²) < 4.78 is 5.71. The van der Waals surface area contributed by atoms with Gasteiger partial charge in [0.1, 0.15) is 5.75 Å². The Morgan fingerprint density at radius 2 is 1.81 bits per heavy atom. The van der Waals surface area contributed by atoms with Gasteiger partial charge in [-0.25, -0.2) is 0 Å². The molecule has 136 valence electrons. The van der Waals surface area contributed by atoms with Crippen LogP contribution >= 0.6 is 0 Å². The van der Waals surface area contributed by atoms with Crippen molar-refractivity contribution in [2.75, 3.05) is 11.9 Å². The van der Waals surface area contributed by atoms with Gasteiger partial charge in [0.05, 0.1) is 17.9 Å². The van der Waals surface area contributed by atoms with Gasteiger partial charge in [0, 0.05) is 12.5 Å². The summed E-state index contributed by atoms with van der Waals surface area (Å²) in [5.74, 6) is 0.589. The number of carbonyl (C=O) groups is 2. The summed E-state index contributed by atoms with van der Waals surface area (Å²) in [4.78, 5) is 24.5. The Bertz CT molecular complexity index is 784. The molecule has 3 rings (SSSR count). The number of aryl methyl sites for hydroxylation is 1. The minimum Gasteiger partial charge on any atom is -0.493 e. The molecular formula is C21H24N2O3. The zero-order valence-electron chi connectivity index (χ0n) is 15.0. The quantitative estimate of drug-likeness (QED) is 0.712. The highest BCUT2D eigenvalue weighted by atomic mass is 16.5. The number of hydrogen-bond acceptors (Lipinski definition) is 3. The minimum atomic E-state index is -0.133. The topological polar surface area (TPSA) is 67.4 Å². The first-order chi connectivity index (χ1) is 12.6. The molecule has 0 atom stereocenters. The van der Waals surface area contributed by atoms with Crippen molar-refractivity contribution in [3.05, 3.63) is 59.7 Å². The van der Waals surface area contributed by atoms with Gasteiger partial charge in [-0.15, -0.1) is 0 Å². The fraction of sp³-hybridized carbons (Fsp3) is 0.333. The van der Waals surface area contributed by atoms with Crippen LogP contribution in [-0.2, 0) is 4.79 Å². The zero-order valence-corrected chi connectivity index (χ0v) is 15.0. The number of ether oxygens (including phenoxy) is 1. The highest BCUT2D eigenvalue weighted by molar-refractivity contribution is 6.03. The van der Waals surface area contributed by atoms with Crippen molar-refractivity contribution in [1.29, 1.82) is 0 Å². The summed E-state index contributed by atoms with van der Waals surface area (Å²) in [6, 6.07) is 15.2. The van der Waals surface area contributed by atoms with Crippen LogP contribution in [0.2, 0.25) is 0 Å². The molecule has 2 N–H and O–H groups in total. The maximum atomic E-state index is 12.3. The molecular weight excluding hydrogens is 328 g/mol. The van der Waals surface area contributed by atoms with Crippen molar-refractivity contribution in [1.82, 2.24) is 5.32 Å². The Balaban J connectivity index is 1.47. The lowest BCUT2D eigenvalue weighted by Crippen LogP contribution is -2.27. The Kier molecular flexibility index (Phi) is 5.89. The van der Waals surface area contributed by atoms with E-state index in [2.05, 4.69) is 10.6 Å². The summed E-state index contributed by atoms with van der Waals surface area (Å²) in [6.45, 7) is 2.47. The van der Waals surface area contributed by atoms with Gasteiger partial charge in [-0.05, 0) is 49.9 Å². The van der Waals surface area contributed by atoms with E-state index in [0.29, 0.717) is 30.7 Å². The van der Waals surface area contributed by atoms with Gasteiger partial charge >= 0.3 is 0 Å². The molecule has 0 saturated heterocycles. The normalized spacial score (nSPS) is 13.1. The Morgan fingerprint density at radius 1 is 1.08 bits per heavy atom. The molecule has 2 aromatic carbocycles.